The molecule has 1 atom stereocenters. The highest BCUT2D eigenvalue weighted by molar-refractivity contribution is 5.99. The van der Waals surface area contributed by atoms with Crippen LogP contribution < -0.4 is 0 Å². The summed E-state index contributed by atoms with van der Waals surface area (Å²) in [6.45, 7) is 26.0. The number of hydrogen-bond acceptors (Lipinski definition) is 5. The van der Waals surface area contributed by atoms with Gasteiger partial charge in [-0.15, -0.1) is 0 Å². The lowest BCUT2D eigenvalue weighted by Crippen LogP contribution is -2.37. The van der Waals surface area contributed by atoms with E-state index in [0.717, 1.165) is 5.92 Å². The van der Waals surface area contributed by atoms with E-state index in [-0.39, 0.29) is 35.4 Å². The molecule has 1 saturated heterocycles. The molecule has 0 bridgehead atoms. The van der Waals surface area contributed by atoms with Crippen LogP contribution in [-0.4, -0.2) is 46.5 Å². The van der Waals surface area contributed by atoms with Gasteiger partial charge in [0.1, 0.15) is 17.1 Å². The molecule has 0 saturated carbocycles. The summed E-state index contributed by atoms with van der Waals surface area (Å²) in [6, 6.07) is 0.153. The second-order valence-corrected chi connectivity index (χ2v) is 11.4. The molecule has 1 rings (SSSR count). The average Bonchev–Trinajstić information content (AvgIpc) is 2.94. The summed E-state index contributed by atoms with van der Waals surface area (Å²) in [6.07, 6.45) is 3.28. The molecule has 190 valence electrons. The summed E-state index contributed by atoms with van der Waals surface area (Å²) < 4.78 is 10.3. The van der Waals surface area contributed by atoms with Gasteiger partial charge in [0.15, 0.2) is 0 Å². The van der Waals surface area contributed by atoms with Crippen molar-refractivity contribution in [3.05, 3.63) is 0 Å². The Kier molecular flexibility index (Phi) is 14.8. The minimum Gasteiger partial charge on any atom is -0.460 e. The topological polar surface area (TPSA) is 72.9 Å². The van der Waals surface area contributed by atoms with Crippen molar-refractivity contribution in [2.75, 3.05) is 6.54 Å². The number of rotatable bonds is 5. The molecule has 1 aliphatic heterocycles. The van der Waals surface area contributed by atoms with E-state index in [9.17, 15) is 14.4 Å². The fraction of sp³-hybridized carbons (Fsp3) is 0.885. The molecule has 0 aromatic rings. The SMILES string of the molecule is CC(C)C(=O)OC(C)(C)C.CC(C)N1CCC(C(=O)OC(C)(C)C)C1=O.CCCC(C)C. The van der Waals surface area contributed by atoms with Crippen LogP contribution in [0.4, 0.5) is 0 Å². The zero-order valence-electron chi connectivity index (χ0n) is 23.1. The number of ether oxygens (including phenoxy) is 2. The van der Waals surface area contributed by atoms with Crippen LogP contribution in [0.1, 0.15) is 109 Å². The molecule has 1 aliphatic rings. The van der Waals surface area contributed by atoms with Crippen molar-refractivity contribution in [1.29, 1.82) is 0 Å². The van der Waals surface area contributed by atoms with E-state index in [2.05, 4.69) is 20.8 Å². The van der Waals surface area contributed by atoms with Crippen molar-refractivity contribution in [3.63, 3.8) is 0 Å². The number of hydrogen-bond donors (Lipinski definition) is 0. The van der Waals surface area contributed by atoms with Crippen LogP contribution in [0.5, 0.6) is 0 Å². The van der Waals surface area contributed by atoms with Crippen LogP contribution in [0, 0.1) is 17.8 Å². The van der Waals surface area contributed by atoms with Crippen molar-refractivity contribution in [2.24, 2.45) is 17.8 Å². The Morgan fingerprint density at radius 1 is 0.938 bits per heavy atom. The van der Waals surface area contributed by atoms with Gasteiger partial charge in [0.05, 0.1) is 5.92 Å². The Labute approximate surface area is 197 Å². The normalized spacial score (nSPS) is 16.4. The second kappa shape index (κ2) is 14.5. The minimum absolute atomic E-state index is 0.0285. The molecule has 6 nitrogen and oxygen atoms in total. The van der Waals surface area contributed by atoms with Gasteiger partial charge in [-0.3, -0.25) is 14.4 Å². The highest BCUT2D eigenvalue weighted by Gasteiger charge is 2.40. The largest absolute Gasteiger partial charge is 0.460 e. The molecule has 6 heteroatoms. The molecule has 0 aromatic heterocycles. The minimum atomic E-state index is -0.596. The van der Waals surface area contributed by atoms with Gasteiger partial charge in [-0.1, -0.05) is 47.5 Å². The lowest BCUT2D eigenvalue weighted by atomic mass is 10.1. The van der Waals surface area contributed by atoms with E-state index in [4.69, 9.17) is 9.47 Å². The third-order valence-electron chi connectivity index (χ3n) is 4.30. The number of carbonyl (C=O) groups is 3. The Morgan fingerprint density at radius 3 is 1.62 bits per heavy atom. The maximum absolute atomic E-state index is 11.9. The molecular formula is C26H51NO5. The molecule has 0 spiro atoms. The summed E-state index contributed by atoms with van der Waals surface area (Å²) in [4.78, 5) is 36.3. The Balaban J connectivity index is 0. The number of likely N-dealkylation sites (tertiary alicyclic amines) is 1. The highest BCUT2D eigenvalue weighted by Crippen LogP contribution is 2.23. The zero-order chi connectivity index (χ0) is 25.9. The lowest BCUT2D eigenvalue weighted by Gasteiger charge is -2.23. The van der Waals surface area contributed by atoms with Gasteiger partial charge in [0, 0.05) is 12.6 Å². The first kappa shape index (κ1) is 32.6. The van der Waals surface area contributed by atoms with Crippen LogP contribution in [-0.2, 0) is 23.9 Å². The van der Waals surface area contributed by atoms with E-state index >= 15 is 0 Å². The van der Waals surface area contributed by atoms with Crippen LogP contribution in [0.3, 0.4) is 0 Å². The molecule has 0 N–H and O–H groups in total. The van der Waals surface area contributed by atoms with Crippen molar-refractivity contribution >= 4 is 17.8 Å². The van der Waals surface area contributed by atoms with Crippen molar-refractivity contribution < 1.29 is 23.9 Å². The Hall–Kier alpha value is -1.59. The van der Waals surface area contributed by atoms with E-state index in [1.54, 1.807) is 4.90 Å². The number of amides is 1. The third kappa shape index (κ3) is 16.1. The summed E-state index contributed by atoms with van der Waals surface area (Å²) in [7, 11) is 0. The fourth-order valence-corrected chi connectivity index (χ4v) is 2.80. The van der Waals surface area contributed by atoms with Crippen LogP contribution in [0.2, 0.25) is 0 Å². The predicted octanol–water partition coefficient (Wildman–Crippen LogP) is 6.01. The molecule has 0 radical (unpaired) electrons. The number of nitrogens with zero attached hydrogens (tertiary/aromatic N) is 1. The van der Waals surface area contributed by atoms with Gasteiger partial charge in [-0.2, -0.15) is 0 Å². The van der Waals surface area contributed by atoms with E-state index in [1.807, 2.05) is 69.2 Å². The van der Waals surface area contributed by atoms with Gasteiger partial charge in [0.2, 0.25) is 5.91 Å². The van der Waals surface area contributed by atoms with E-state index < -0.39 is 11.5 Å². The van der Waals surface area contributed by atoms with E-state index in [1.165, 1.54) is 12.8 Å². The zero-order valence-corrected chi connectivity index (χ0v) is 23.1. The summed E-state index contributed by atoms with van der Waals surface area (Å²) in [5.74, 6) is -0.340. The van der Waals surface area contributed by atoms with Gasteiger partial charge >= 0.3 is 11.9 Å². The summed E-state index contributed by atoms with van der Waals surface area (Å²) in [5.41, 5.74) is -0.871. The monoisotopic (exact) mass is 457 g/mol. The predicted molar refractivity (Wildman–Crippen MR) is 131 cm³/mol. The first-order valence-electron chi connectivity index (χ1n) is 12.1. The second-order valence-electron chi connectivity index (χ2n) is 11.4. The first-order chi connectivity index (χ1) is 14.3. The quantitative estimate of drug-likeness (QED) is 0.373. The van der Waals surface area contributed by atoms with Crippen LogP contribution in [0.15, 0.2) is 0 Å². The smallest absolute Gasteiger partial charge is 0.319 e. The van der Waals surface area contributed by atoms with Gasteiger partial charge in [-0.05, 0) is 67.7 Å². The highest BCUT2D eigenvalue weighted by atomic mass is 16.6. The standard InChI is InChI=1S/C12H21NO3.C8H16O2.C6H14/c1-8(2)13-7-6-9(10(13)14)11(15)16-12(3,4)5;1-6(2)7(9)10-8(3,4)5;1-4-5-6(2)3/h8-9H,6-7H2,1-5H3;6H,1-5H3;6H,4-5H2,1-3H3. The fourth-order valence-electron chi connectivity index (χ4n) is 2.80. The molecule has 32 heavy (non-hydrogen) atoms. The lowest BCUT2D eigenvalue weighted by molar-refractivity contribution is -0.163. The maximum Gasteiger partial charge on any atom is 0.319 e. The number of esters is 2. The van der Waals surface area contributed by atoms with Crippen molar-refractivity contribution in [3.8, 4) is 0 Å². The molecule has 1 fully saturated rings. The molecule has 1 amide bonds. The molecule has 1 unspecified atom stereocenters. The van der Waals surface area contributed by atoms with Gasteiger partial charge in [0.25, 0.3) is 0 Å². The Bertz CT molecular complexity index is 568. The van der Waals surface area contributed by atoms with Crippen molar-refractivity contribution in [1.82, 2.24) is 4.90 Å². The Morgan fingerprint density at radius 2 is 1.41 bits per heavy atom. The van der Waals surface area contributed by atoms with Crippen molar-refractivity contribution in [2.45, 2.75) is 127 Å². The first-order valence-corrected chi connectivity index (χ1v) is 12.1. The molecular weight excluding hydrogens is 406 g/mol. The van der Waals surface area contributed by atoms with E-state index in [0.29, 0.717) is 13.0 Å². The molecule has 0 aliphatic carbocycles. The van der Waals surface area contributed by atoms with Gasteiger partial charge < -0.3 is 14.4 Å². The number of carbonyl (C=O) groups excluding carboxylic acids is 3. The van der Waals surface area contributed by atoms with Crippen LogP contribution in [0.25, 0.3) is 0 Å². The van der Waals surface area contributed by atoms with Gasteiger partial charge in [-0.25, -0.2) is 0 Å². The summed E-state index contributed by atoms with van der Waals surface area (Å²) >= 11 is 0. The maximum atomic E-state index is 11.9. The molecule has 1 heterocycles. The molecule has 0 aromatic carbocycles. The average molecular weight is 458 g/mol. The van der Waals surface area contributed by atoms with Crippen LogP contribution >= 0.6 is 0 Å². The third-order valence-corrected chi connectivity index (χ3v) is 4.30. The summed E-state index contributed by atoms with van der Waals surface area (Å²) in [5, 5.41) is 0.